The highest BCUT2D eigenvalue weighted by Crippen LogP contribution is 2.40. The van der Waals surface area contributed by atoms with Gasteiger partial charge in [-0.15, -0.1) is 8.80 Å². The monoisotopic (exact) mass is 922 g/mol. The number of hydrazone groups is 2. The number of ether oxygens (including phenoxy) is 6. The lowest BCUT2D eigenvalue weighted by molar-refractivity contribution is 0.253. The van der Waals surface area contributed by atoms with E-state index in [0.717, 1.165) is 5.56 Å². The lowest BCUT2D eigenvalue weighted by Crippen LogP contribution is -2.29. The number of aliphatic hydroxyl groups excluding tert-OH is 2. The van der Waals surface area contributed by atoms with E-state index >= 15 is 0 Å². The first-order chi connectivity index (χ1) is 29.1. The van der Waals surface area contributed by atoms with Crippen LogP contribution in [0.2, 0.25) is 0 Å². The third-order valence-corrected chi connectivity index (χ3v) is 11.3. The van der Waals surface area contributed by atoms with Crippen LogP contribution in [-0.4, -0.2) is 135 Å². The van der Waals surface area contributed by atoms with Gasteiger partial charge in [0.1, 0.15) is 32.8 Å². The Morgan fingerprint density at radius 1 is 0.661 bits per heavy atom. The number of amidine groups is 1. The third kappa shape index (κ3) is 11.9. The van der Waals surface area contributed by atoms with E-state index in [-0.39, 0.29) is 82.3 Å². The second-order valence-corrected chi connectivity index (χ2v) is 15.4. The number of rotatable bonds is 14. The zero-order valence-electron chi connectivity index (χ0n) is 33.6. The first kappa shape index (κ1) is 50.0. The Balaban J connectivity index is 0.000000270. The quantitative estimate of drug-likeness (QED) is 0.0688. The minimum Gasteiger partial charge on any atom is -0.504 e. The fourth-order valence-corrected chi connectivity index (χ4v) is 8.42. The first-order valence-corrected chi connectivity index (χ1v) is 20.8. The van der Waals surface area contributed by atoms with Crippen LogP contribution >= 0.6 is 11.6 Å². The highest BCUT2D eigenvalue weighted by molar-refractivity contribution is 7.91. The Hall–Kier alpha value is -6.33. The first-order valence-electron chi connectivity index (χ1n) is 17.5. The fourth-order valence-electron chi connectivity index (χ4n) is 5.37. The smallest absolute Gasteiger partial charge is 0.288 e. The third-order valence-electron chi connectivity index (χ3n) is 8.19. The van der Waals surface area contributed by atoms with Gasteiger partial charge in [0.2, 0.25) is 0 Å². The van der Waals surface area contributed by atoms with E-state index in [9.17, 15) is 32.2 Å². The van der Waals surface area contributed by atoms with Crippen molar-refractivity contribution >= 4 is 55.1 Å². The summed E-state index contributed by atoms with van der Waals surface area (Å²) < 4.78 is 86.3. The summed E-state index contributed by atoms with van der Waals surface area (Å²) in [7, 11) is 0.771. The van der Waals surface area contributed by atoms with Crippen molar-refractivity contribution in [3.63, 3.8) is 0 Å². The maximum atomic E-state index is 12.7. The SMILES string of the molecule is C.COc1cc(/C=N/NCCO)ccc1O.COc1cc(OC)c2c(c1)C(Cl)=NS2(=O)=O.COc1cc(OC)c2c(c1)C(N(CCO)/N=C/c1ccc(O)c(OC)c1)=NS2(=O)=O. The van der Waals surface area contributed by atoms with Crippen molar-refractivity contribution in [2.75, 3.05) is 69.0 Å². The van der Waals surface area contributed by atoms with Crippen molar-refractivity contribution in [1.82, 2.24) is 10.4 Å². The molecule has 0 saturated carbocycles. The van der Waals surface area contributed by atoms with Gasteiger partial charge >= 0.3 is 0 Å². The zero-order chi connectivity index (χ0) is 44.9. The zero-order valence-corrected chi connectivity index (χ0v) is 35.9. The summed E-state index contributed by atoms with van der Waals surface area (Å²) in [6.07, 6.45) is 3.01. The molecular weight excluding hydrogens is 876 g/mol. The average Bonchev–Trinajstić information content (AvgIpc) is 3.67. The number of methoxy groups -OCH3 is 6. The molecule has 62 heavy (non-hydrogen) atoms. The summed E-state index contributed by atoms with van der Waals surface area (Å²) in [4.78, 5) is -0.106. The van der Waals surface area contributed by atoms with Gasteiger partial charge in [0, 0.05) is 23.3 Å². The molecule has 0 unspecified atom stereocenters. The topological polar surface area (TPSA) is 269 Å². The maximum Gasteiger partial charge on any atom is 0.288 e. The summed E-state index contributed by atoms with van der Waals surface area (Å²) in [5, 5.41) is 46.3. The number of hydrogen-bond acceptors (Lipinski definition) is 18. The second-order valence-electron chi connectivity index (χ2n) is 12.0. The molecule has 0 radical (unpaired) electrons. The molecule has 23 heteroatoms. The minimum absolute atomic E-state index is 0. The van der Waals surface area contributed by atoms with Gasteiger partial charge in [-0.25, -0.2) is 5.01 Å². The van der Waals surface area contributed by atoms with Crippen molar-refractivity contribution in [2.45, 2.75) is 17.2 Å². The Morgan fingerprint density at radius 3 is 1.63 bits per heavy atom. The van der Waals surface area contributed by atoms with Gasteiger partial charge in [-0.3, -0.25) is 0 Å². The minimum atomic E-state index is -4.03. The molecule has 0 spiro atoms. The van der Waals surface area contributed by atoms with Crippen molar-refractivity contribution in [2.24, 2.45) is 19.0 Å². The van der Waals surface area contributed by atoms with Gasteiger partial charge in [0.15, 0.2) is 34.0 Å². The fraction of sp³-hybridized carbons (Fsp3) is 0.282. The molecule has 2 aliphatic heterocycles. The predicted molar refractivity (Wildman–Crippen MR) is 233 cm³/mol. The highest BCUT2D eigenvalue weighted by atomic mass is 35.5. The molecule has 0 aromatic heterocycles. The molecule has 0 amide bonds. The molecule has 0 saturated heterocycles. The molecule has 0 bridgehead atoms. The van der Waals surface area contributed by atoms with Crippen LogP contribution in [0.15, 0.2) is 89.5 Å². The lowest BCUT2D eigenvalue weighted by atomic mass is 10.1. The number of hydrogen-bond donors (Lipinski definition) is 5. The highest BCUT2D eigenvalue weighted by Gasteiger charge is 2.36. The molecule has 2 heterocycles. The molecular formula is C39H47ClN6O14S2. The summed E-state index contributed by atoms with van der Waals surface area (Å²) in [5.74, 6) is 1.87. The van der Waals surface area contributed by atoms with Crippen molar-refractivity contribution in [1.29, 1.82) is 0 Å². The van der Waals surface area contributed by atoms with Crippen LogP contribution in [0.3, 0.4) is 0 Å². The number of sulfonamides is 2. The number of aromatic hydroxyl groups is 2. The standard InChI is InChI=1S/C19H21N3O7S.C10H14N2O3.C9H8ClNO4S.CH4/c1-27-13-9-14-18(17(10-13)29-3)30(25,26)21-19(14)22(6-7-23)20-11-12-4-5-15(24)16(8-12)28-2;1-15-10-6-8(2-3-9(10)14)7-12-11-4-5-13;1-14-5-3-6-8(7(4-5)15-2)16(12,13)11-9(6)10;/h4-5,8-11,23-24H,6-7H2,1-3H3;2-3,6-7,11,13-14H,4-5H2,1H3;3-4H,1-2H3;1H4/b20-11+;12-7+;;. The molecule has 5 N–H and O–H groups in total. The molecule has 0 aliphatic carbocycles. The summed E-state index contributed by atoms with van der Waals surface area (Å²) in [6.45, 7) is 0.132. The number of halogens is 1. The van der Waals surface area contributed by atoms with Crippen LogP contribution in [-0.2, 0) is 20.0 Å². The van der Waals surface area contributed by atoms with Gasteiger partial charge in [-0.1, -0.05) is 19.0 Å². The predicted octanol–water partition coefficient (Wildman–Crippen LogP) is 3.54. The van der Waals surface area contributed by atoms with E-state index in [0.29, 0.717) is 34.9 Å². The van der Waals surface area contributed by atoms with E-state index in [1.165, 1.54) is 90.3 Å². The summed E-state index contributed by atoms with van der Waals surface area (Å²) in [6, 6.07) is 15.5. The Morgan fingerprint density at radius 2 is 1.15 bits per heavy atom. The Labute approximate surface area is 364 Å². The lowest BCUT2D eigenvalue weighted by Gasteiger charge is -2.18. The summed E-state index contributed by atoms with van der Waals surface area (Å²) >= 11 is 5.74. The molecule has 0 atom stereocenters. The van der Waals surface area contributed by atoms with Crippen LogP contribution in [0.1, 0.15) is 29.7 Å². The number of nitrogens with zero attached hydrogens (tertiary/aromatic N) is 5. The normalized spacial score (nSPS) is 13.8. The van der Waals surface area contributed by atoms with Gasteiger partial charge in [0.05, 0.1) is 81.4 Å². The Bertz CT molecular complexity index is 2550. The van der Waals surface area contributed by atoms with Crippen LogP contribution < -0.4 is 33.8 Å². The van der Waals surface area contributed by atoms with Crippen LogP contribution in [0, 0.1) is 0 Å². The average molecular weight is 923 g/mol. The van der Waals surface area contributed by atoms with E-state index < -0.39 is 20.0 Å². The van der Waals surface area contributed by atoms with Gasteiger partial charge in [0.25, 0.3) is 20.0 Å². The number of benzene rings is 4. The van der Waals surface area contributed by atoms with E-state index in [1.54, 1.807) is 30.5 Å². The van der Waals surface area contributed by atoms with E-state index in [2.05, 4.69) is 24.4 Å². The Kier molecular flexibility index (Phi) is 18.2. The van der Waals surface area contributed by atoms with Crippen molar-refractivity contribution in [3.05, 3.63) is 82.9 Å². The van der Waals surface area contributed by atoms with E-state index in [4.69, 9.17) is 45.1 Å². The van der Waals surface area contributed by atoms with Crippen LogP contribution in [0.25, 0.3) is 0 Å². The van der Waals surface area contributed by atoms with Crippen LogP contribution in [0.5, 0.6) is 46.0 Å². The van der Waals surface area contributed by atoms with Gasteiger partial charge < -0.3 is 54.3 Å². The number of nitrogens with one attached hydrogen (secondary N) is 1. The molecule has 336 valence electrons. The molecule has 6 rings (SSSR count). The van der Waals surface area contributed by atoms with Crippen LogP contribution in [0.4, 0.5) is 0 Å². The number of aliphatic hydroxyl groups is 2. The second kappa shape index (κ2) is 22.5. The summed E-state index contributed by atoms with van der Waals surface area (Å²) in [5.41, 5.74) is 4.59. The largest absolute Gasteiger partial charge is 0.504 e. The molecule has 2 aliphatic rings. The van der Waals surface area contributed by atoms with Gasteiger partial charge in [-0.2, -0.15) is 27.0 Å². The number of phenols is 2. The molecule has 0 fully saturated rings. The molecule has 20 nitrogen and oxygen atoms in total. The maximum absolute atomic E-state index is 12.7. The number of phenolic OH excluding ortho intramolecular Hbond substituents is 2. The van der Waals surface area contributed by atoms with Crippen molar-refractivity contribution < 1.29 is 65.7 Å². The molecule has 4 aromatic rings. The number of fused-ring (bicyclic) bond motifs is 2. The van der Waals surface area contributed by atoms with E-state index in [1.807, 2.05) is 0 Å². The van der Waals surface area contributed by atoms with Gasteiger partial charge in [-0.05, 0) is 59.7 Å². The molecule has 4 aromatic carbocycles. The van der Waals surface area contributed by atoms with Crippen molar-refractivity contribution in [3.8, 4) is 46.0 Å².